The van der Waals surface area contributed by atoms with Gasteiger partial charge in [0.2, 0.25) is 0 Å². The number of amides is 1. The molecular weight excluding hydrogens is 272 g/mol. The van der Waals surface area contributed by atoms with Gasteiger partial charge in [-0.15, -0.1) is 11.3 Å². The molecule has 1 aliphatic rings. The lowest BCUT2D eigenvalue weighted by atomic mass is 10.1. The standard InChI is InChI=1S/C15H16N2O2S/c1-17-7-8-20-15(17)16-14(18)10-19-13-6-5-11-3-2-4-12(11)9-13/h5-9H,2-4,10H2,1H3. The number of benzene rings is 1. The highest BCUT2D eigenvalue weighted by Crippen LogP contribution is 2.25. The Hall–Kier alpha value is -1.88. The van der Waals surface area contributed by atoms with Crippen molar-refractivity contribution in [2.24, 2.45) is 12.0 Å². The second kappa shape index (κ2) is 5.63. The van der Waals surface area contributed by atoms with E-state index in [0.29, 0.717) is 4.80 Å². The molecular formula is C15H16N2O2S. The molecule has 1 aliphatic carbocycles. The Labute approximate surface area is 121 Å². The number of ether oxygens (including phenoxy) is 1. The molecule has 1 aromatic heterocycles. The van der Waals surface area contributed by atoms with Gasteiger partial charge in [-0.25, -0.2) is 0 Å². The van der Waals surface area contributed by atoms with Crippen LogP contribution >= 0.6 is 11.3 Å². The van der Waals surface area contributed by atoms with Gasteiger partial charge in [0, 0.05) is 18.6 Å². The molecule has 1 aromatic carbocycles. The van der Waals surface area contributed by atoms with Gasteiger partial charge in [0.25, 0.3) is 5.91 Å². The van der Waals surface area contributed by atoms with Gasteiger partial charge in [0.05, 0.1) is 0 Å². The second-order valence-corrected chi connectivity index (χ2v) is 5.75. The van der Waals surface area contributed by atoms with Crippen molar-refractivity contribution >= 4 is 17.2 Å². The molecule has 5 heteroatoms. The third kappa shape index (κ3) is 2.82. The molecule has 20 heavy (non-hydrogen) atoms. The van der Waals surface area contributed by atoms with Crippen LogP contribution in [-0.4, -0.2) is 17.1 Å². The van der Waals surface area contributed by atoms with Gasteiger partial charge in [0.15, 0.2) is 11.4 Å². The minimum absolute atomic E-state index is 0.0172. The van der Waals surface area contributed by atoms with Crippen LogP contribution in [0.15, 0.2) is 34.8 Å². The summed E-state index contributed by atoms with van der Waals surface area (Å²) in [5.74, 6) is 0.494. The van der Waals surface area contributed by atoms with Crippen LogP contribution in [0.4, 0.5) is 0 Å². The van der Waals surface area contributed by atoms with Gasteiger partial charge in [-0.2, -0.15) is 4.99 Å². The quantitative estimate of drug-likeness (QED) is 0.868. The van der Waals surface area contributed by atoms with E-state index in [9.17, 15) is 4.79 Å². The van der Waals surface area contributed by atoms with Gasteiger partial charge >= 0.3 is 0 Å². The molecule has 0 saturated heterocycles. The lowest BCUT2D eigenvalue weighted by Gasteiger charge is -2.05. The van der Waals surface area contributed by atoms with E-state index in [-0.39, 0.29) is 12.5 Å². The van der Waals surface area contributed by atoms with Crippen molar-refractivity contribution in [3.05, 3.63) is 45.7 Å². The van der Waals surface area contributed by atoms with Gasteiger partial charge in [0.1, 0.15) is 5.75 Å². The number of aryl methyl sites for hydroxylation is 3. The van der Waals surface area contributed by atoms with Crippen molar-refractivity contribution in [3.8, 4) is 5.75 Å². The highest BCUT2D eigenvalue weighted by molar-refractivity contribution is 7.07. The first-order chi connectivity index (χ1) is 9.72. The smallest absolute Gasteiger partial charge is 0.286 e. The van der Waals surface area contributed by atoms with Crippen molar-refractivity contribution in [2.45, 2.75) is 19.3 Å². The summed E-state index contributed by atoms with van der Waals surface area (Å²) in [4.78, 5) is 16.5. The fourth-order valence-corrected chi connectivity index (χ4v) is 3.10. The second-order valence-electron chi connectivity index (χ2n) is 4.87. The Kier molecular flexibility index (Phi) is 3.69. The van der Waals surface area contributed by atoms with Crippen LogP contribution in [0.1, 0.15) is 17.5 Å². The third-order valence-corrected chi connectivity index (χ3v) is 4.26. The first kappa shape index (κ1) is 13.1. The largest absolute Gasteiger partial charge is 0.484 e. The summed E-state index contributed by atoms with van der Waals surface area (Å²) in [5.41, 5.74) is 2.75. The number of rotatable bonds is 3. The van der Waals surface area contributed by atoms with Gasteiger partial charge < -0.3 is 9.30 Å². The van der Waals surface area contributed by atoms with Crippen molar-refractivity contribution in [1.82, 2.24) is 4.57 Å². The van der Waals surface area contributed by atoms with E-state index in [2.05, 4.69) is 11.1 Å². The van der Waals surface area contributed by atoms with Crippen LogP contribution in [-0.2, 0) is 24.7 Å². The highest BCUT2D eigenvalue weighted by Gasteiger charge is 2.11. The summed E-state index contributed by atoms with van der Waals surface area (Å²) in [5, 5.41) is 1.90. The molecule has 0 spiro atoms. The molecule has 3 rings (SSSR count). The minimum Gasteiger partial charge on any atom is -0.484 e. The lowest BCUT2D eigenvalue weighted by Crippen LogP contribution is -2.16. The fourth-order valence-electron chi connectivity index (χ4n) is 2.36. The number of carbonyl (C=O) groups is 1. The van der Waals surface area contributed by atoms with E-state index in [4.69, 9.17) is 4.74 Å². The maximum absolute atomic E-state index is 11.8. The molecule has 0 saturated carbocycles. The van der Waals surface area contributed by atoms with Crippen molar-refractivity contribution < 1.29 is 9.53 Å². The molecule has 0 aliphatic heterocycles. The SMILES string of the molecule is Cn1ccsc1=NC(=O)COc1ccc2c(c1)CCC2. The van der Waals surface area contributed by atoms with Crippen LogP contribution in [0.2, 0.25) is 0 Å². The molecule has 2 aromatic rings. The number of thiazole rings is 1. The minimum atomic E-state index is -0.261. The maximum atomic E-state index is 11.8. The van der Waals surface area contributed by atoms with Crippen LogP contribution in [0.3, 0.4) is 0 Å². The van der Waals surface area contributed by atoms with Crippen molar-refractivity contribution in [3.63, 3.8) is 0 Å². The predicted molar refractivity (Wildman–Crippen MR) is 77.8 cm³/mol. The zero-order chi connectivity index (χ0) is 13.9. The Bertz CT molecular complexity index is 700. The Morgan fingerprint density at radius 2 is 2.25 bits per heavy atom. The number of fused-ring (bicyclic) bond motifs is 1. The molecule has 1 heterocycles. The first-order valence-electron chi connectivity index (χ1n) is 6.65. The lowest BCUT2D eigenvalue weighted by molar-refractivity contribution is -0.120. The summed E-state index contributed by atoms with van der Waals surface area (Å²) in [7, 11) is 1.87. The zero-order valence-electron chi connectivity index (χ0n) is 11.3. The molecule has 4 nitrogen and oxygen atoms in total. The number of hydrogen-bond acceptors (Lipinski definition) is 3. The Balaban J connectivity index is 1.65. The normalized spacial score (nSPS) is 14.3. The van der Waals surface area contributed by atoms with Crippen LogP contribution < -0.4 is 9.54 Å². The summed E-state index contributed by atoms with van der Waals surface area (Å²) >= 11 is 1.44. The Morgan fingerprint density at radius 1 is 1.40 bits per heavy atom. The van der Waals surface area contributed by atoms with Crippen molar-refractivity contribution in [2.75, 3.05) is 6.61 Å². The molecule has 0 unspecified atom stereocenters. The summed E-state index contributed by atoms with van der Waals surface area (Å²) in [6.45, 7) is -0.0172. The Morgan fingerprint density at radius 3 is 3.05 bits per heavy atom. The molecule has 0 fully saturated rings. The van der Waals surface area contributed by atoms with Crippen LogP contribution in [0.25, 0.3) is 0 Å². The molecule has 104 valence electrons. The van der Waals surface area contributed by atoms with E-state index < -0.39 is 0 Å². The van der Waals surface area contributed by atoms with Crippen LogP contribution in [0.5, 0.6) is 5.75 Å². The van der Waals surface area contributed by atoms with E-state index in [1.807, 2.05) is 35.3 Å². The highest BCUT2D eigenvalue weighted by atomic mass is 32.1. The monoisotopic (exact) mass is 288 g/mol. The maximum Gasteiger partial charge on any atom is 0.286 e. The summed E-state index contributed by atoms with van der Waals surface area (Å²) in [6, 6.07) is 6.07. The number of hydrogen-bond donors (Lipinski definition) is 0. The molecule has 0 atom stereocenters. The third-order valence-electron chi connectivity index (χ3n) is 3.41. The number of carbonyl (C=O) groups excluding carboxylic acids is 1. The van der Waals surface area contributed by atoms with E-state index in [0.717, 1.165) is 18.6 Å². The summed E-state index contributed by atoms with van der Waals surface area (Å²) in [6.07, 6.45) is 5.34. The average Bonchev–Trinajstić information content (AvgIpc) is 3.05. The van der Waals surface area contributed by atoms with E-state index >= 15 is 0 Å². The van der Waals surface area contributed by atoms with Gasteiger partial charge in [-0.1, -0.05) is 6.07 Å². The van der Waals surface area contributed by atoms with E-state index in [1.165, 1.54) is 28.9 Å². The van der Waals surface area contributed by atoms with Crippen LogP contribution in [0, 0.1) is 0 Å². The molecule has 1 amide bonds. The first-order valence-corrected chi connectivity index (χ1v) is 7.52. The number of aromatic nitrogens is 1. The van der Waals surface area contributed by atoms with Gasteiger partial charge in [-0.05, 0) is 42.5 Å². The number of nitrogens with zero attached hydrogens (tertiary/aromatic N) is 2. The zero-order valence-corrected chi connectivity index (χ0v) is 12.2. The van der Waals surface area contributed by atoms with E-state index in [1.54, 1.807) is 0 Å². The fraction of sp³-hybridized carbons (Fsp3) is 0.333. The van der Waals surface area contributed by atoms with Crippen molar-refractivity contribution in [1.29, 1.82) is 0 Å². The topological polar surface area (TPSA) is 43.6 Å². The van der Waals surface area contributed by atoms with Gasteiger partial charge in [-0.3, -0.25) is 4.79 Å². The molecule has 0 N–H and O–H groups in total. The average molecular weight is 288 g/mol. The molecule has 0 bridgehead atoms. The molecule has 0 radical (unpaired) electrons. The predicted octanol–water partition coefficient (Wildman–Crippen LogP) is 2.08. The summed E-state index contributed by atoms with van der Waals surface area (Å²) < 4.78 is 7.35.